The lowest BCUT2D eigenvalue weighted by Crippen LogP contribution is -2.46. The van der Waals surface area contributed by atoms with Crippen molar-refractivity contribution in [2.75, 3.05) is 13.1 Å². The summed E-state index contributed by atoms with van der Waals surface area (Å²) in [7, 11) is -3.60. The van der Waals surface area contributed by atoms with Gasteiger partial charge in [0.15, 0.2) is 0 Å². The predicted octanol–water partition coefficient (Wildman–Crippen LogP) is 1.64. The number of aliphatic carboxylic acids is 1. The first kappa shape index (κ1) is 18.6. The van der Waals surface area contributed by atoms with E-state index in [0.29, 0.717) is 19.5 Å². The molecule has 0 aliphatic carbocycles. The highest BCUT2D eigenvalue weighted by Crippen LogP contribution is 2.10. The lowest BCUT2D eigenvalue weighted by Gasteiger charge is -2.24. The summed E-state index contributed by atoms with van der Waals surface area (Å²) in [5, 5.41) is 8.84. The van der Waals surface area contributed by atoms with Gasteiger partial charge in [0.1, 0.15) is 0 Å². The molecule has 124 valence electrons. The standard InChI is InChI=1S/C15H24N2O4S/c1-3-17(4-2)22(20,21)16-14(10-11-15(18)19)12-13-8-6-5-7-9-13/h5-9,14,16H,3-4,10-12H2,1-2H3,(H,18,19). The van der Waals surface area contributed by atoms with E-state index in [1.165, 1.54) is 4.31 Å². The van der Waals surface area contributed by atoms with E-state index in [1.54, 1.807) is 13.8 Å². The van der Waals surface area contributed by atoms with Gasteiger partial charge in [0.2, 0.25) is 0 Å². The number of nitrogens with one attached hydrogen (secondary N) is 1. The number of rotatable bonds is 10. The van der Waals surface area contributed by atoms with E-state index in [-0.39, 0.29) is 12.8 Å². The van der Waals surface area contributed by atoms with Crippen LogP contribution in [-0.2, 0) is 21.4 Å². The Bertz CT molecular complexity index is 556. The second kappa shape index (κ2) is 8.87. The quantitative estimate of drug-likeness (QED) is 0.683. The zero-order valence-corrected chi connectivity index (χ0v) is 13.8. The van der Waals surface area contributed by atoms with Crippen molar-refractivity contribution in [3.63, 3.8) is 0 Å². The van der Waals surface area contributed by atoms with Crippen LogP contribution in [0.1, 0.15) is 32.3 Å². The molecule has 0 bridgehead atoms. The van der Waals surface area contributed by atoms with Crippen LogP contribution < -0.4 is 4.72 Å². The first-order valence-electron chi connectivity index (χ1n) is 7.42. The molecule has 1 aromatic carbocycles. The lowest BCUT2D eigenvalue weighted by molar-refractivity contribution is -0.137. The van der Waals surface area contributed by atoms with Crippen molar-refractivity contribution < 1.29 is 18.3 Å². The van der Waals surface area contributed by atoms with Crippen LogP contribution in [0.5, 0.6) is 0 Å². The number of benzene rings is 1. The minimum Gasteiger partial charge on any atom is -0.481 e. The van der Waals surface area contributed by atoms with E-state index in [0.717, 1.165) is 5.56 Å². The molecule has 22 heavy (non-hydrogen) atoms. The molecule has 0 saturated heterocycles. The van der Waals surface area contributed by atoms with Gasteiger partial charge in [-0.2, -0.15) is 17.4 Å². The molecule has 0 aliphatic rings. The SMILES string of the molecule is CCN(CC)S(=O)(=O)NC(CCC(=O)O)Cc1ccccc1. The first-order valence-corrected chi connectivity index (χ1v) is 8.86. The summed E-state index contributed by atoms with van der Waals surface area (Å²) in [5.41, 5.74) is 0.972. The molecule has 1 aromatic rings. The third-order valence-corrected chi connectivity index (χ3v) is 5.22. The van der Waals surface area contributed by atoms with Gasteiger partial charge >= 0.3 is 5.97 Å². The summed E-state index contributed by atoms with van der Waals surface area (Å²) >= 11 is 0. The molecule has 0 saturated carbocycles. The average Bonchev–Trinajstić information content (AvgIpc) is 2.46. The highest BCUT2D eigenvalue weighted by Gasteiger charge is 2.23. The summed E-state index contributed by atoms with van der Waals surface area (Å²) in [4.78, 5) is 10.8. The maximum Gasteiger partial charge on any atom is 0.303 e. The van der Waals surface area contributed by atoms with Gasteiger partial charge in [0.05, 0.1) is 0 Å². The molecular weight excluding hydrogens is 304 g/mol. The highest BCUT2D eigenvalue weighted by atomic mass is 32.2. The van der Waals surface area contributed by atoms with Crippen molar-refractivity contribution in [2.45, 2.75) is 39.2 Å². The second-order valence-electron chi connectivity index (χ2n) is 5.03. The molecule has 1 unspecified atom stereocenters. The Morgan fingerprint density at radius 3 is 2.32 bits per heavy atom. The zero-order valence-electron chi connectivity index (χ0n) is 13.0. The smallest absolute Gasteiger partial charge is 0.303 e. The van der Waals surface area contributed by atoms with Crippen molar-refractivity contribution in [1.29, 1.82) is 0 Å². The first-order chi connectivity index (χ1) is 10.4. The molecule has 6 nitrogen and oxygen atoms in total. The number of hydrogen-bond donors (Lipinski definition) is 2. The Hall–Kier alpha value is -1.44. The zero-order chi connectivity index (χ0) is 16.6. The number of hydrogen-bond acceptors (Lipinski definition) is 3. The van der Waals surface area contributed by atoms with Gasteiger partial charge < -0.3 is 5.11 Å². The van der Waals surface area contributed by atoms with Crippen LogP contribution in [0, 0.1) is 0 Å². The van der Waals surface area contributed by atoms with Crippen molar-refractivity contribution in [1.82, 2.24) is 9.03 Å². The van der Waals surface area contributed by atoms with Crippen LogP contribution in [0.25, 0.3) is 0 Å². The van der Waals surface area contributed by atoms with E-state index in [2.05, 4.69) is 4.72 Å². The summed E-state index contributed by atoms with van der Waals surface area (Å²) < 4.78 is 28.6. The van der Waals surface area contributed by atoms with E-state index in [1.807, 2.05) is 30.3 Å². The minimum absolute atomic E-state index is 0.0712. The van der Waals surface area contributed by atoms with Gasteiger partial charge in [-0.05, 0) is 18.4 Å². The fourth-order valence-electron chi connectivity index (χ4n) is 2.25. The van der Waals surface area contributed by atoms with E-state index in [4.69, 9.17) is 5.11 Å². The topological polar surface area (TPSA) is 86.7 Å². The maximum absolute atomic E-state index is 12.3. The molecule has 0 aliphatic heterocycles. The number of carbonyl (C=O) groups is 1. The van der Waals surface area contributed by atoms with Gasteiger partial charge in [0.25, 0.3) is 10.2 Å². The van der Waals surface area contributed by atoms with Crippen LogP contribution in [-0.4, -0.2) is 42.9 Å². The molecule has 1 atom stereocenters. The Labute approximate surface area is 132 Å². The molecule has 1 rings (SSSR count). The van der Waals surface area contributed by atoms with Gasteiger partial charge in [0, 0.05) is 25.6 Å². The van der Waals surface area contributed by atoms with Gasteiger partial charge in [-0.25, -0.2) is 0 Å². The molecular formula is C15H24N2O4S. The largest absolute Gasteiger partial charge is 0.481 e. The summed E-state index contributed by atoms with van der Waals surface area (Å²) in [6.07, 6.45) is 0.650. The molecule has 0 spiro atoms. The van der Waals surface area contributed by atoms with Gasteiger partial charge in [-0.15, -0.1) is 0 Å². The third-order valence-electron chi connectivity index (χ3n) is 3.39. The molecule has 0 amide bonds. The fraction of sp³-hybridized carbons (Fsp3) is 0.533. The molecule has 7 heteroatoms. The molecule has 0 aromatic heterocycles. The monoisotopic (exact) mass is 328 g/mol. The van der Waals surface area contributed by atoms with Crippen molar-refractivity contribution in [3.8, 4) is 0 Å². The van der Waals surface area contributed by atoms with E-state index < -0.39 is 22.2 Å². The van der Waals surface area contributed by atoms with Crippen LogP contribution in [0.2, 0.25) is 0 Å². The van der Waals surface area contributed by atoms with E-state index in [9.17, 15) is 13.2 Å². The molecule has 0 radical (unpaired) electrons. The normalized spacial score (nSPS) is 13.2. The van der Waals surface area contributed by atoms with Gasteiger partial charge in [-0.1, -0.05) is 44.2 Å². The predicted molar refractivity (Wildman–Crippen MR) is 85.8 cm³/mol. The Morgan fingerprint density at radius 2 is 1.82 bits per heavy atom. The molecule has 0 fully saturated rings. The number of carboxylic acids is 1. The van der Waals surface area contributed by atoms with E-state index >= 15 is 0 Å². The second-order valence-corrected chi connectivity index (χ2v) is 6.73. The summed E-state index contributed by atoms with van der Waals surface area (Å²) in [6.45, 7) is 4.30. The Morgan fingerprint density at radius 1 is 1.23 bits per heavy atom. The average molecular weight is 328 g/mol. The minimum atomic E-state index is -3.60. The maximum atomic E-state index is 12.3. The van der Waals surface area contributed by atoms with Crippen LogP contribution >= 0.6 is 0 Å². The van der Waals surface area contributed by atoms with Crippen LogP contribution in [0.3, 0.4) is 0 Å². The van der Waals surface area contributed by atoms with Crippen LogP contribution in [0.4, 0.5) is 0 Å². The number of carboxylic acid groups (broad SMARTS) is 1. The van der Waals surface area contributed by atoms with Crippen LogP contribution in [0.15, 0.2) is 30.3 Å². The number of nitrogens with zero attached hydrogens (tertiary/aromatic N) is 1. The van der Waals surface area contributed by atoms with Crippen molar-refractivity contribution in [3.05, 3.63) is 35.9 Å². The Balaban J connectivity index is 2.83. The summed E-state index contributed by atoms with van der Waals surface area (Å²) in [5.74, 6) is -0.930. The Kier molecular flexibility index (Phi) is 7.50. The third kappa shape index (κ3) is 6.13. The molecule has 2 N–H and O–H groups in total. The van der Waals surface area contributed by atoms with Crippen molar-refractivity contribution >= 4 is 16.2 Å². The van der Waals surface area contributed by atoms with Crippen molar-refractivity contribution in [2.24, 2.45) is 0 Å². The lowest BCUT2D eigenvalue weighted by atomic mass is 10.0. The summed E-state index contributed by atoms with van der Waals surface area (Å²) in [6, 6.07) is 9.00. The van der Waals surface area contributed by atoms with Gasteiger partial charge in [-0.3, -0.25) is 4.79 Å². The highest BCUT2D eigenvalue weighted by molar-refractivity contribution is 7.87. The fourth-order valence-corrected chi connectivity index (χ4v) is 3.70. The molecule has 0 heterocycles.